The Morgan fingerprint density at radius 2 is 1.92 bits per heavy atom. The van der Waals surface area contributed by atoms with E-state index in [1.54, 1.807) is 6.07 Å². The lowest BCUT2D eigenvalue weighted by atomic mass is 10.0. The Balaban J connectivity index is 1.86. The zero-order chi connectivity index (χ0) is 18.1. The van der Waals surface area contributed by atoms with Gasteiger partial charge in [0, 0.05) is 4.90 Å². The van der Waals surface area contributed by atoms with Crippen LogP contribution in [-0.2, 0) is 0 Å². The minimum atomic E-state index is -0.268. The minimum absolute atomic E-state index is 0.268. The Kier molecular flexibility index (Phi) is 5.20. The molecule has 3 rings (SSSR count). The van der Waals surface area contributed by atoms with Crippen LogP contribution in [0.1, 0.15) is 47.3 Å². The van der Waals surface area contributed by atoms with Crippen LogP contribution in [0.25, 0.3) is 0 Å². The van der Waals surface area contributed by atoms with Gasteiger partial charge in [-0.3, -0.25) is 4.79 Å². The fraction of sp³-hybridized carbons (Fsp3) is 0.263. The van der Waals surface area contributed by atoms with E-state index in [0.717, 1.165) is 20.8 Å². The molecule has 6 heteroatoms. The van der Waals surface area contributed by atoms with Gasteiger partial charge in [0.1, 0.15) is 0 Å². The molecule has 2 heterocycles. The molecule has 0 unspecified atom stereocenters. The highest BCUT2D eigenvalue weighted by molar-refractivity contribution is 9.10. The highest BCUT2D eigenvalue weighted by Crippen LogP contribution is 2.35. The summed E-state index contributed by atoms with van der Waals surface area (Å²) in [7, 11) is 0. The van der Waals surface area contributed by atoms with Crippen molar-refractivity contribution < 1.29 is 9.21 Å². The van der Waals surface area contributed by atoms with Crippen LogP contribution in [0, 0.1) is 13.8 Å². The van der Waals surface area contributed by atoms with E-state index in [2.05, 4.69) is 47.0 Å². The molecule has 0 amide bonds. The summed E-state index contributed by atoms with van der Waals surface area (Å²) in [4.78, 5) is 13.8. The minimum Gasteiger partial charge on any atom is -0.444 e. The van der Waals surface area contributed by atoms with E-state index in [9.17, 15) is 4.79 Å². The molecular formula is C19H19BrN2O2S. The quantitative estimate of drug-likeness (QED) is 0.535. The second kappa shape index (κ2) is 7.22. The third-order valence-electron chi connectivity index (χ3n) is 3.94. The molecule has 1 aromatic carbocycles. The van der Waals surface area contributed by atoms with Crippen LogP contribution in [0.5, 0.6) is 0 Å². The number of carbonyl (C=O) groups excluding carboxylic acids is 1. The van der Waals surface area contributed by atoms with Crippen molar-refractivity contribution in [1.82, 2.24) is 9.78 Å². The number of rotatable bonds is 4. The molecule has 3 aromatic rings. The van der Waals surface area contributed by atoms with Crippen molar-refractivity contribution >= 4 is 33.6 Å². The summed E-state index contributed by atoms with van der Waals surface area (Å²) in [6.07, 6.45) is 0. The molecule has 0 aliphatic carbocycles. The van der Waals surface area contributed by atoms with Crippen LogP contribution in [0.4, 0.5) is 0 Å². The topological polar surface area (TPSA) is 48.0 Å². The highest BCUT2D eigenvalue weighted by Gasteiger charge is 2.20. The van der Waals surface area contributed by atoms with Gasteiger partial charge in [0.25, 0.3) is 0 Å². The predicted octanol–water partition coefficient (Wildman–Crippen LogP) is 5.82. The highest BCUT2D eigenvalue weighted by atomic mass is 79.9. The lowest BCUT2D eigenvalue weighted by Crippen LogP contribution is -2.14. The van der Waals surface area contributed by atoms with E-state index in [4.69, 9.17) is 4.42 Å². The van der Waals surface area contributed by atoms with Crippen LogP contribution in [0.2, 0.25) is 0 Å². The molecule has 25 heavy (non-hydrogen) atoms. The SMILES string of the molecule is Cc1nn(C(=O)c2ccc(Sc3ccccc3C(C)C)o2)c(C)c1Br. The summed E-state index contributed by atoms with van der Waals surface area (Å²) in [6, 6.07) is 11.8. The van der Waals surface area contributed by atoms with Crippen LogP contribution < -0.4 is 0 Å². The van der Waals surface area contributed by atoms with Crippen molar-refractivity contribution in [3.8, 4) is 0 Å². The number of furan rings is 1. The molecule has 0 atom stereocenters. The van der Waals surface area contributed by atoms with Gasteiger partial charge in [-0.1, -0.05) is 43.8 Å². The number of aromatic nitrogens is 2. The van der Waals surface area contributed by atoms with E-state index < -0.39 is 0 Å². The summed E-state index contributed by atoms with van der Waals surface area (Å²) in [5, 5.41) is 4.96. The van der Waals surface area contributed by atoms with Crippen molar-refractivity contribution in [2.24, 2.45) is 0 Å². The third-order valence-corrected chi connectivity index (χ3v) is 6.10. The standard InChI is InChI=1S/C19H19BrN2O2S/c1-11(2)14-7-5-6-8-16(14)25-17-10-9-15(24-17)19(23)22-13(4)18(20)12(3)21-22/h5-11H,1-4H3. The van der Waals surface area contributed by atoms with Crippen molar-refractivity contribution in [1.29, 1.82) is 0 Å². The van der Waals surface area contributed by atoms with Crippen LogP contribution >= 0.6 is 27.7 Å². The number of benzene rings is 1. The number of hydrogen-bond donors (Lipinski definition) is 0. The van der Waals surface area contributed by atoms with Crippen LogP contribution in [-0.4, -0.2) is 15.7 Å². The molecule has 0 bridgehead atoms. The van der Waals surface area contributed by atoms with Gasteiger partial charge in [-0.25, -0.2) is 0 Å². The van der Waals surface area contributed by atoms with Gasteiger partial charge in [-0.15, -0.1) is 0 Å². The summed E-state index contributed by atoms with van der Waals surface area (Å²) in [6.45, 7) is 8.03. The monoisotopic (exact) mass is 418 g/mol. The Bertz CT molecular complexity index is 927. The molecule has 0 N–H and O–H groups in total. The van der Waals surface area contributed by atoms with Gasteiger partial charge in [-0.05, 0) is 59.5 Å². The van der Waals surface area contributed by atoms with E-state index >= 15 is 0 Å². The van der Waals surface area contributed by atoms with Crippen molar-refractivity contribution in [2.45, 2.75) is 43.6 Å². The summed E-state index contributed by atoms with van der Waals surface area (Å²) in [5.74, 6) is 0.435. The van der Waals surface area contributed by atoms with Gasteiger partial charge in [0.05, 0.1) is 15.9 Å². The number of hydrogen-bond acceptors (Lipinski definition) is 4. The van der Waals surface area contributed by atoms with E-state index in [-0.39, 0.29) is 11.7 Å². The average Bonchev–Trinajstić information content (AvgIpc) is 3.15. The first-order chi connectivity index (χ1) is 11.9. The first-order valence-electron chi connectivity index (χ1n) is 8.01. The molecule has 2 aromatic heterocycles. The Morgan fingerprint density at radius 3 is 2.56 bits per heavy atom. The Hall–Kier alpha value is -1.79. The van der Waals surface area contributed by atoms with Gasteiger partial charge in [0.2, 0.25) is 0 Å². The molecule has 0 spiro atoms. The first kappa shape index (κ1) is 18.0. The summed E-state index contributed by atoms with van der Waals surface area (Å²) >= 11 is 4.97. The lowest BCUT2D eigenvalue weighted by Gasteiger charge is -2.10. The zero-order valence-electron chi connectivity index (χ0n) is 14.5. The van der Waals surface area contributed by atoms with E-state index in [0.29, 0.717) is 11.0 Å². The summed E-state index contributed by atoms with van der Waals surface area (Å²) < 4.78 is 7.99. The normalized spacial score (nSPS) is 11.3. The smallest absolute Gasteiger partial charge is 0.314 e. The fourth-order valence-corrected chi connectivity index (χ4v) is 3.87. The number of halogens is 1. The van der Waals surface area contributed by atoms with Crippen LogP contribution in [0.15, 0.2) is 55.3 Å². The zero-order valence-corrected chi connectivity index (χ0v) is 16.9. The van der Waals surface area contributed by atoms with Gasteiger partial charge < -0.3 is 4.42 Å². The van der Waals surface area contributed by atoms with Crippen molar-refractivity contribution in [3.05, 3.63) is 63.6 Å². The molecule has 0 saturated heterocycles. The van der Waals surface area contributed by atoms with Gasteiger partial charge in [-0.2, -0.15) is 9.78 Å². The second-order valence-electron chi connectivity index (χ2n) is 6.12. The average molecular weight is 419 g/mol. The molecule has 0 fully saturated rings. The van der Waals surface area contributed by atoms with Crippen molar-refractivity contribution in [2.75, 3.05) is 0 Å². The number of nitrogens with zero attached hydrogens (tertiary/aromatic N) is 2. The predicted molar refractivity (Wildman–Crippen MR) is 102 cm³/mol. The lowest BCUT2D eigenvalue weighted by molar-refractivity contribution is 0.0909. The second-order valence-corrected chi connectivity index (χ2v) is 7.95. The van der Waals surface area contributed by atoms with Crippen LogP contribution in [0.3, 0.4) is 0 Å². The molecule has 130 valence electrons. The van der Waals surface area contributed by atoms with E-state index in [1.807, 2.05) is 32.0 Å². The molecule has 0 saturated carbocycles. The molecule has 4 nitrogen and oxygen atoms in total. The maximum absolute atomic E-state index is 12.7. The van der Waals surface area contributed by atoms with Crippen molar-refractivity contribution in [3.63, 3.8) is 0 Å². The first-order valence-corrected chi connectivity index (χ1v) is 9.62. The molecular weight excluding hydrogens is 400 g/mol. The third kappa shape index (κ3) is 3.60. The fourth-order valence-electron chi connectivity index (χ4n) is 2.57. The van der Waals surface area contributed by atoms with E-state index in [1.165, 1.54) is 22.0 Å². The Labute approximate surface area is 159 Å². The Morgan fingerprint density at radius 1 is 1.20 bits per heavy atom. The number of carbonyl (C=O) groups is 1. The summed E-state index contributed by atoms with van der Waals surface area (Å²) in [5.41, 5.74) is 2.80. The largest absolute Gasteiger partial charge is 0.444 e. The van der Waals surface area contributed by atoms with Gasteiger partial charge in [0.15, 0.2) is 10.9 Å². The van der Waals surface area contributed by atoms with Gasteiger partial charge >= 0.3 is 5.91 Å². The number of aryl methyl sites for hydroxylation is 1. The molecule has 0 aliphatic rings. The molecule has 0 aliphatic heterocycles. The maximum Gasteiger partial charge on any atom is 0.314 e. The molecule has 0 radical (unpaired) electrons. The maximum atomic E-state index is 12.7.